The largest absolute Gasteiger partial charge is 0.496 e. The first-order valence-electron chi connectivity index (χ1n) is 6.17. The summed E-state index contributed by atoms with van der Waals surface area (Å²) in [7, 11) is 3.12. The number of hydrogen-bond donors (Lipinski definition) is 1. The molecule has 0 bridgehead atoms. The van der Waals surface area contributed by atoms with Gasteiger partial charge in [0.25, 0.3) is 0 Å². The van der Waals surface area contributed by atoms with Crippen molar-refractivity contribution in [3.63, 3.8) is 0 Å². The minimum Gasteiger partial charge on any atom is -0.496 e. The van der Waals surface area contributed by atoms with Gasteiger partial charge in [0, 0.05) is 11.6 Å². The maximum atomic E-state index is 13.5. The first-order chi connectivity index (χ1) is 8.53. The van der Waals surface area contributed by atoms with Gasteiger partial charge in [-0.1, -0.05) is 6.92 Å². The minimum atomic E-state index is -1.09. The minimum absolute atomic E-state index is 0.0669. The molecule has 0 aliphatic carbocycles. The van der Waals surface area contributed by atoms with Crippen LogP contribution >= 0.6 is 0 Å². The molecule has 1 aromatic carbocycles. The van der Waals surface area contributed by atoms with E-state index in [1.165, 1.54) is 14.0 Å². The van der Waals surface area contributed by atoms with E-state index in [9.17, 15) is 4.39 Å². The Kier molecular flexibility index (Phi) is 5.41. The Balaban J connectivity index is 3.17. The van der Waals surface area contributed by atoms with Crippen LogP contribution in [0.1, 0.15) is 37.6 Å². The SMILES string of the molecule is CCC(N)Cc1cc(OC)c(C(C)F)cc1OC. The highest BCUT2D eigenvalue weighted by Gasteiger charge is 2.16. The third-order valence-corrected chi connectivity index (χ3v) is 3.07. The standard InChI is InChI=1S/C14H22FNO2/c1-5-11(16)6-10-7-14(18-4)12(9(2)15)8-13(10)17-3/h7-9,11H,5-6,16H2,1-4H3. The molecular weight excluding hydrogens is 233 g/mol. The molecule has 2 atom stereocenters. The summed E-state index contributed by atoms with van der Waals surface area (Å²) in [6, 6.07) is 3.58. The predicted molar refractivity (Wildman–Crippen MR) is 71.0 cm³/mol. The lowest BCUT2D eigenvalue weighted by atomic mass is 9.99. The highest BCUT2D eigenvalue weighted by atomic mass is 19.1. The third kappa shape index (κ3) is 3.35. The van der Waals surface area contributed by atoms with E-state index >= 15 is 0 Å². The Labute approximate surface area is 108 Å². The van der Waals surface area contributed by atoms with Crippen molar-refractivity contribution in [3.05, 3.63) is 23.3 Å². The van der Waals surface area contributed by atoms with Crippen LogP contribution in [-0.4, -0.2) is 20.3 Å². The Hall–Kier alpha value is -1.29. The monoisotopic (exact) mass is 255 g/mol. The normalized spacial score (nSPS) is 14.1. The van der Waals surface area contributed by atoms with Crippen LogP contribution < -0.4 is 15.2 Å². The van der Waals surface area contributed by atoms with Crippen LogP contribution in [0.4, 0.5) is 4.39 Å². The van der Waals surface area contributed by atoms with Crippen LogP contribution in [0.2, 0.25) is 0 Å². The molecule has 0 radical (unpaired) electrons. The lowest BCUT2D eigenvalue weighted by Gasteiger charge is -2.17. The number of nitrogens with two attached hydrogens (primary N) is 1. The van der Waals surface area contributed by atoms with Crippen LogP contribution in [0.5, 0.6) is 11.5 Å². The number of methoxy groups -OCH3 is 2. The van der Waals surface area contributed by atoms with Crippen molar-refractivity contribution in [1.82, 2.24) is 0 Å². The van der Waals surface area contributed by atoms with Gasteiger partial charge >= 0.3 is 0 Å². The molecule has 4 heteroatoms. The second kappa shape index (κ2) is 6.59. The summed E-state index contributed by atoms with van der Waals surface area (Å²) in [6.07, 6.45) is 0.478. The molecule has 0 amide bonds. The molecule has 3 nitrogen and oxygen atoms in total. The van der Waals surface area contributed by atoms with Crippen LogP contribution in [0.3, 0.4) is 0 Å². The van der Waals surface area contributed by atoms with Crippen molar-refractivity contribution in [1.29, 1.82) is 0 Å². The maximum Gasteiger partial charge on any atom is 0.126 e. The highest BCUT2D eigenvalue weighted by Crippen LogP contribution is 2.34. The molecule has 0 saturated heterocycles. The summed E-state index contributed by atoms with van der Waals surface area (Å²) < 4.78 is 24.0. The van der Waals surface area contributed by atoms with Crippen molar-refractivity contribution >= 4 is 0 Å². The molecule has 0 aliphatic rings. The van der Waals surface area contributed by atoms with E-state index < -0.39 is 6.17 Å². The van der Waals surface area contributed by atoms with Gasteiger partial charge in [0.05, 0.1) is 14.2 Å². The van der Waals surface area contributed by atoms with Gasteiger partial charge in [0.1, 0.15) is 17.7 Å². The molecule has 0 fully saturated rings. The number of rotatable bonds is 6. The third-order valence-electron chi connectivity index (χ3n) is 3.07. The second-order valence-corrected chi connectivity index (χ2v) is 4.39. The molecule has 102 valence electrons. The summed E-state index contributed by atoms with van der Waals surface area (Å²) in [5, 5.41) is 0. The molecule has 1 rings (SSSR count). The summed E-state index contributed by atoms with van der Waals surface area (Å²) in [5.41, 5.74) is 7.40. The fourth-order valence-corrected chi connectivity index (χ4v) is 1.88. The van der Waals surface area contributed by atoms with Crippen molar-refractivity contribution < 1.29 is 13.9 Å². The smallest absolute Gasteiger partial charge is 0.126 e. The first-order valence-corrected chi connectivity index (χ1v) is 6.17. The molecular formula is C14H22FNO2. The Morgan fingerprint density at radius 3 is 2.28 bits per heavy atom. The molecule has 2 unspecified atom stereocenters. The van der Waals surface area contributed by atoms with E-state index in [0.717, 1.165) is 12.0 Å². The zero-order chi connectivity index (χ0) is 13.7. The molecule has 0 heterocycles. The number of ether oxygens (including phenoxy) is 2. The summed E-state index contributed by atoms with van der Waals surface area (Å²) in [5.74, 6) is 1.21. The topological polar surface area (TPSA) is 44.5 Å². The molecule has 0 spiro atoms. The van der Waals surface area contributed by atoms with Gasteiger partial charge in [-0.15, -0.1) is 0 Å². The van der Waals surface area contributed by atoms with E-state index in [1.807, 2.05) is 13.0 Å². The molecule has 2 N–H and O–H groups in total. The van der Waals surface area contributed by atoms with Crippen LogP contribution in [0, 0.1) is 0 Å². The van der Waals surface area contributed by atoms with Gasteiger partial charge in [-0.25, -0.2) is 4.39 Å². The van der Waals surface area contributed by atoms with E-state index in [2.05, 4.69) is 0 Å². The Morgan fingerprint density at radius 1 is 1.22 bits per heavy atom. The van der Waals surface area contributed by atoms with Gasteiger partial charge in [-0.2, -0.15) is 0 Å². The predicted octanol–water partition coefficient (Wildman–Crippen LogP) is 3.01. The molecule has 0 saturated carbocycles. The van der Waals surface area contributed by atoms with Crippen molar-refractivity contribution in [2.24, 2.45) is 5.73 Å². The zero-order valence-corrected chi connectivity index (χ0v) is 11.5. The quantitative estimate of drug-likeness (QED) is 0.849. The van der Waals surface area contributed by atoms with Crippen LogP contribution in [0.15, 0.2) is 12.1 Å². The zero-order valence-electron chi connectivity index (χ0n) is 11.5. The average Bonchev–Trinajstić information content (AvgIpc) is 2.37. The van der Waals surface area contributed by atoms with Gasteiger partial charge in [0.2, 0.25) is 0 Å². The fraction of sp³-hybridized carbons (Fsp3) is 0.571. The Morgan fingerprint density at radius 2 is 1.83 bits per heavy atom. The lowest BCUT2D eigenvalue weighted by molar-refractivity contribution is 0.341. The fourth-order valence-electron chi connectivity index (χ4n) is 1.88. The number of alkyl halides is 1. The number of benzene rings is 1. The average molecular weight is 255 g/mol. The lowest BCUT2D eigenvalue weighted by Crippen LogP contribution is -2.21. The molecule has 1 aromatic rings. The van der Waals surface area contributed by atoms with Crippen molar-refractivity contribution in [3.8, 4) is 11.5 Å². The summed E-state index contributed by atoms with van der Waals surface area (Å²) in [4.78, 5) is 0. The van der Waals surface area contributed by atoms with Gasteiger partial charge in [0.15, 0.2) is 0 Å². The van der Waals surface area contributed by atoms with Gasteiger partial charge < -0.3 is 15.2 Å². The summed E-state index contributed by atoms with van der Waals surface area (Å²) >= 11 is 0. The maximum absolute atomic E-state index is 13.5. The van der Waals surface area contributed by atoms with Gasteiger partial charge in [-0.3, -0.25) is 0 Å². The Bertz CT molecular complexity index is 394. The van der Waals surface area contributed by atoms with E-state index in [1.54, 1.807) is 13.2 Å². The van der Waals surface area contributed by atoms with Crippen LogP contribution in [-0.2, 0) is 6.42 Å². The summed E-state index contributed by atoms with van der Waals surface area (Å²) in [6.45, 7) is 3.52. The number of hydrogen-bond acceptors (Lipinski definition) is 3. The van der Waals surface area contributed by atoms with E-state index in [0.29, 0.717) is 23.5 Å². The second-order valence-electron chi connectivity index (χ2n) is 4.39. The highest BCUT2D eigenvalue weighted by molar-refractivity contribution is 5.47. The van der Waals surface area contributed by atoms with E-state index in [4.69, 9.17) is 15.2 Å². The number of halogens is 1. The molecule has 18 heavy (non-hydrogen) atoms. The first kappa shape index (κ1) is 14.8. The molecule has 0 aromatic heterocycles. The van der Waals surface area contributed by atoms with Crippen LogP contribution in [0.25, 0.3) is 0 Å². The molecule has 0 aliphatic heterocycles. The van der Waals surface area contributed by atoms with E-state index in [-0.39, 0.29) is 6.04 Å². The van der Waals surface area contributed by atoms with Crippen molar-refractivity contribution in [2.75, 3.05) is 14.2 Å². The van der Waals surface area contributed by atoms with Crippen molar-refractivity contribution in [2.45, 2.75) is 38.9 Å². The van der Waals surface area contributed by atoms with Gasteiger partial charge in [-0.05, 0) is 37.5 Å².